The van der Waals surface area contributed by atoms with Crippen molar-refractivity contribution in [3.05, 3.63) is 22.4 Å². The second kappa shape index (κ2) is 7.91. The van der Waals surface area contributed by atoms with Crippen LogP contribution in [-0.4, -0.2) is 36.1 Å². The molecule has 106 valence electrons. The zero-order valence-corrected chi connectivity index (χ0v) is 12.0. The number of aliphatic hydroxyl groups excluding tert-OH is 1. The molecule has 5 nitrogen and oxygen atoms in total. The summed E-state index contributed by atoms with van der Waals surface area (Å²) in [6.45, 7) is 4.21. The van der Waals surface area contributed by atoms with E-state index in [1.54, 1.807) is 12.1 Å². The SMILES string of the molecule is CC(C)C(NC(=O)c1cccs1)C(=O)NCCCO. The first kappa shape index (κ1) is 15.7. The van der Waals surface area contributed by atoms with E-state index in [0.717, 1.165) is 0 Å². The average molecular weight is 284 g/mol. The number of aliphatic hydroxyl groups is 1. The van der Waals surface area contributed by atoms with Gasteiger partial charge in [0.2, 0.25) is 5.91 Å². The van der Waals surface area contributed by atoms with Gasteiger partial charge in [-0.3, -0.25) is 9.59 Å². The van der Waals surface area contributed by atoms with Crippen LogP contribution in [0.4, 0.5) is 0 Å². The van der Waals surface area contributed by atoms with Crippen molar-refractivity contribution in [3.8, 4) is 0 Å². The van der Waals surface area contributed by atoms with Crippen LogP contribution in [0, 0.1) is 5.92 Å². The number of hydrogen-bond acceptors (Lipinski definition) is 4. The summed E-state index contributed by atoms with van der Waals surface area (Å²) in [5, 5.41) is 15.9. The molecular formula is C13H20N2O3S. The molecule has 0 bridgehead atoms. The summed E-state index contributed by atoms with van der Waals surface area (Å²) in [4.78, 5) is 24.5. The van der Waals surface area contributed by atoms with Crippen LogP contribution in [0.1, 0.15) is 29.9 Å². The van der Waals surface area contributed by atoms with Crippen LogP contribution in [-0.2, 0) is 4.79 Å². The highest BCUT2D eigenvalue weighted by Gasteiger charge is 2.24. The lowest BCUT2D eigenvalue weighted by atomic mass is 10.0. The Hall–Kier alpha value is -1.40. The molecule has 0 fully saturated rings. The summed E-state index contributed by atoms with van der Waals surface area (Å²) in [5.74, 6) is -0.447. The molecule has 0 aliphatic rings. The van der Waals surface area contributed by atoms with Crippen LogP contribution < -0.4 is 10.6 Å². The van der Waals surface area contributed by atoms with Gasteiger partial charge < -0.3 is 15.7 Å². The monoisotopic (exact) mass is 284 g/mol. The fourth-order valence-corrected chi connectivity index (χ4v) is 2.18. The molecule has 2 amide bonds. The Kier molecular flexibility index (Phi) is 6.52. The summed E-state index contributed by atoms with van der Waals surface area (Å²) in [6, 6.07) is 2.96. The van der Waals surface area contributed by atoms with Gasteiger partial charge in [0.15, 0.2) is 0 Å². The second-order valence-electron chi connectivity index (χ2n) is 4.54. The molecule has 1 aromatic rings. The van der Waals surface area contributed by atoms with Gasteiger partial charge in [0.25, 0.3) is 5.91 Å². The van der Waals surface area contributed by atoms with E-state index in [-0.39, 0.29) is 24.3 Å². The zero-order chi connectivity index (χ0) is 14.3. The van der Waals surface area contributed by atoms with Crippen LogP contribution in [0.3, 0.4) is 0 Å². The molecule has 1 heterocycles. The normalized spacial score (nSPS) is 12.2. The highest BCUT2D eigenvalue weighted by Crippen LogP contribution is 2.10. The molecule has 19 heavy (non-hydrogen) atoms. The zero-order valence-electron chi connectivity index (χ0n) is 11.2. The Morgan fingerprint density at radius 1 is 1.42 bits per heavy atom. The van der Waals surface area contributed by atoms with Gasteiger partial charge in [-0.15, -0.1) is 11.3 Å². The Morgan fingerprint density at radius 2 is 2.16 bits per heavy atom. The number of amides is 2. The first-order valence-electron chi connectivity index (χ1n) is 6.29. The van der Waals surface area contributed by atoms with Gasteiger partial charge >= 0.3 is 0 Å². The van der Waals surface area contributed by atoms with E-state index >= 15 is 0 Å². The maximum Gasteiger partial charge on any atom is 0.262 e. The van der Waals surface area contributed by atoms with Crippen molar-refractivity contribution in [1.29, 1.82) is 0 Å². The second-order valence-corrected chi connectivity index (χ2v) is 5.49. The van der Waals surface area contributed by atoms with Gasteiger partial charge in [0.1, 0.15) is 6.04 Å². The first-order chi connectivity index (χ1) is 9.06. The third-order valence-corrected chi connectivity index (χ3v) is 3.48. The largest absolute Gasteiger partial charge is 0.396 e. The summed E-state index contributed by atoms with van der Waals surface area (Å²) >= 11 is 1.34. The Labute approximate surface area is 117 Å². The fourth-order valence-electron chi connectivity index (χ4n) is 1.56. The molecule has 0 radical (unpaired) electrons. The van der Waals surface area contributed by atoms with E-state index < -0.39 is 6.04 Å². The lowest BCUT2D eigenvalue weighted by molar-refractivity contribution is -0.123. The number of carbonyl (C=O) groups is 2. The summed E-state index contributed by atoms with van der Waals surface area (Å²) in [6.07, 6.45) is 0.509. The van der Waals surface area contributed by atoms with Crippen molar-refractivity contribution in [2.75, 3.05) is 13.2 Å². The minimum absolute atomic E-state index is 0.00182. The summed E-state index contributed by atoms with van der Waals surface area (Å²) in [5.41, 5.74) is 0. The van der Waals surface area contributed by atoms with Crippen LogP contribution in [0.2, 0.25) is 0 Å². The highest BCUT2D eigenvalue weighted by atomic mass is 32.1. The molecule has 0 saturated carbocycles. The van der Waals surface area contributed by atoms with E-state index in [4.69, 9.17) is 5.11 Å². The Balaban J connectivity index is 2.57. The van der Waals surface area contributed by atoms with Crippen molar-refractivity contribution in [2.24, 2.45) is 5.92 Å². The Bertz CT molecular complexity index is 404. The van der Waals surface area contributed by atoms with Crippen molar-refractivity contribution in [3.63, 3.8) is 0 Å². The average Bonchev–Trinajstić information content (AvgIpc) is 2.89. The molecule has 0 aliphatic carbocycles. The summed E-state index contributed by atoms with van der Waals surface area (Å²) < 4.78 is 0. The minimum atomic E-state index is -0.562. The van der Waals surface area contributed by atoms with Gasteiger partial charge in [0, 0.05) is 13.2 Å². The van der Waals surface area contributed by atoms with E-state index in [0.29, 0.717) is 17.8 Å². The van der Waals surface area contributed by atoms with Gasteiger partial charge in [-0.1, -0.05) is 19.9 Å². The van der Waals surface area contributed by atoms with E-state index in [1.165, 1.54) is 11.3 Å². The van der Waals surface area contributed by atoms with E-state index in [2.05, 4.69) is 10.6 Å². The number of carbonyl (C=O) groups excluding carboxylic acids is 2. The smallest absolute Gasteiger partial charge is 0.262 e. The molecule has 0 saturated heterocycles. The molecule has 1 aromatic heterocycles. The van der Waals surface area contributed by atoms with Crippen LogP contribution in [0.25, 0.3) is 0 Å². The van der Waals surface area contributed by atoms with Crippen molar-refractivity contribution in [1.82, 2.24) is 10.6 Å². The van der Waals surface area contributed by atoms with E-state index in [9.17, 15) is 9.59 Å². The molecule has 1 atom stereocenters. The Morgan fingerprint density at radius 3 is 2.68 bits per heavy atom. The van der Waals surface area contributed by atoms with E-state index in [1.807, 2.05) is 19.2 Å². The lowest BCUT2D eigenvalue weighted by Crippen LogP contribution is -2.49. The molecule has 1 rings (SSSR count). The van der Waals surface area contributed by atoms with Crippen LogP contribution in [0.5, 0.6) is 0 Å². The minimum Gasteiger partial charge on any atom is -0.396 e. The number of thiophene rings is 1. The third kappa shape index (κ3) is 5.00. The molecule has 1 unspecified atom stereocenters. The molecular weight excluding hydrogens is 264 g/mol. The quantitative estimate of drug-likeness (QED) is 0.654. The lowest BCUT2D eigenvalue weighted by Gasteiger charge is -2.21. The standard InChI is InChI=1S/C13H20N2O3S/c1-9(2)11(13(18)14-6-4-7-16)15-12(17)10-5-3-8-19-10/h3,5,8-9,11,16H,4,6-7H2,1-2H3,(H,14,18)(H,15,17). The van der Waals surface area contributed by atoms with Gasteiger partial charge in [-0.2, -0.15) is 0 Å². The predicted octanol–water partition coefficient (Wildman–Crippen LogP) is 1.00. The van der Waals surface area contributed by atoms with Gasteiger partial charge in [0.05, 0.1) is 4.88 Å². The van der Waals surface area contributed by atoms with Crippen molar-refractivity contribution < 1.29 is 14.7 Å². The molecule has 0 aromatic carbocycles. The number of rotatable bonds is 7. The fraction of sp³-hybridized carbons (Fsp3) is 0.538. The molecule has 6 heteroatoms. The predicted molar refractivity (Wildman–Crippen MR) is 75.1 cm³/mol. The van der Waals surface area contributed by atoms with Gasteiger partial charge in [-0.05, 0) is 23.8 Å². The highest BCUT2D eigenvalue weighted by molar-refractivity contribution is 7.12. The number of nitrogens with one attached hydrogen (secondary N) is 2. The first-order valence-corrected chi connectivity index (χ1v) is 7.17. The molecule has 3 N–H and O–H groups in total. The maximum atomic E-state index is 12.0. The van der Waals surface area contributed by atoms with Gasteiger partial charge in [-0.25, -0.2) is 0 Å². The third-order valence-electron chi connectivity index (χ3n) is 2.61. The topological polar surface area (TPSA) is 78.4 Å². The van der Waals surface area contributed by atoms with Crippen molar-refractivity contribution in [2.45, 2.75) is 26.3 Å². The van der Waals surface area contributed by atoms with Crippen LogP contribution in [0.15, 0.2) is 17.5 Å². The van der Waals surface area contributed by atoms with Crippen LogP contribution >= 0.6 is 11.3 Å². The molecule has 0 aliphatic heterocycles. The molecule has 0 spiro atoms. The number of hydrogen-bond donors (Lipinski definition) is 3. The maximum absolute atomic E-state index is 12.0. The summed E-state index contributed by atoms with van der Waals surface area (Å²) in [7, 11) is 0. The van der Waals surface area contributed by atoms with Crippen molar-refractivity contribution >= 4 is 23.2 Å².